The van der Waals surface area contributed by atoms with Crippen LogP contribution in [0.25, 0.3) is 10.1 Å². The van der Waals surface area contributed by atoms with Crippen LogP contribution in [0, 0.1) is 5.92 Å². The van der Waals surface area contributed by atoms with Crippen molar-refractivity contribution in [1.82, 2.24) is 10.2 Å². The number of hydrogen-bond acceptors (Lipinski definition) is 4. The molecule has 4 nitrogen and oxygen atoms in total. The number of ether oxygens (including phenoxy) is 1. The lowest BCUT2D eigenvalue weighted by Gasteiger charge is -2.56. The molecule has 2 bridgehead atoms. The quantitative estimate of drug-likeness (QED) is 0.897. The molecule has 0 spiro atoms. The molecule has 4 aliphatic rings. The van der Waals surface area contributed by atoms with Gasteiger partial charge in [0, 0.05) is 22.2 Å². The van der Waals surface area contributed by atoms with Gasteiger partial charge in [-0.1, -0.05) is 12.1 Å². The first-order valence-electron chi connectivity index (χ1n) is 9.69. The Morgan fingerprint density at radius 1 is 1.23 bits per heavy atom. The number of carbonyl (C=O) groups excluding carboxylic acids is 1. The highest BCUT2D eigenvalue weighted by molar-refractivity contribution is 7.20. The molecular formula is C21H26N2O2S. The molecule has 6 rings (SSSR count). The Morgan fingerprint density at radius 2 is 2.00 bits per heavy atom. The summed E-state index contributed by atoms with van der Waals surface area (Å²) in [6.07, 6.45) is 2.40. The number of piperidine rings is 3. The molecule has 5 heteroatoms. The summed E-state index contributed by atoms with van der Waals surface area (Å²) in [7, 11) is 0. The number of benzene rings is 1. The van der Waals surface area contributed by atoms with Gasteiger partial charge in [-0.3, -0.25) is 9.69 Å². The summed E-state index contributed by atoms with van der Waals surface area (Å²) in [6, 6.07) is 8.85. The summed E-state index contributed by atoms with van der Waals surface area (Å²) >= 11 is 1.61. The first kappa shape index (κ1) is 16.7. The van der Waals surface area contributed by atoms with Crippen molar-refractivity contribution < 1.29 is 9.53 Å². The van der Waals surface area contributed by atoms with Gasteiger partial charge in [-0.25, -0.2) is 0 Å². The second-order valence-electron chi connectivity index (χ2n) is 8.57. The molecule has 138 valence electrons. The Hall–Kier alpha value is -1.43. The van der Waals surface area contributed by atoms with E-state index in [4.69, 9.17) is 4.74 Å². The van der Waals surface area contributed by atoms with E-state index >= 15 is 0 Å². The lowest BCUT2D eigenvalue weighted by Crippen LogP contribution is -2.69. The molecule has 0 aliphatic carbocycles. The Balaban J connectivity index is 1.38. The van der Waals surface area contributed by atoms with Crippen LogP contribution in [0.5, 0.6) is 0 Å². The van der Waals surface area contributed by atoms with E-state index in [1.165, 1.54) is 36.2 Å². The molecule has 1 aromatic carbocycles. The van der Waals surface area contributed by atoms with Gasteiger partial charge in [-0.2, -0.15) is 0 Å². The van der Waals surface area contributed by atoms with Crippen LogP contribution in [-0.4, -0.2) is 48.7 Å². The van der Waals surface area contributed by atoms with Crippen LogP contribution < -0.4 is 5.32 Å². The molecule has 0 saturated carbocycles. The maximum atomic E-state index is 13.0. The van der Waals surface area contributed by atoms with Gasteiger partial charge in [-0.05, 0) is 68.8 Å². The van der Waals surface area contributed by atoms with Crippen molar-refractivity contribution in [3.8, 4) is 0 Å². The minimum atomic E-state index is 0.0465. The minimum absolute atomic E-state index is 0.0465. The lowest BCUT2D eigenvalue weighted by atomic mass is 9.72. The van der Waals surface area contributed by atoms with Crippen LogP contribution in [0.15, 0.2) is 24.3 Å². The van der Waals surface area contributed by atoms with E-state index in [0.29, 0.717) is 11.8 Å². The number of rotatable bonds is 3. The van der Waals surface area contributed by atoms with Crippen molar-refractivity contribution in [2.24, 2.45) is 5.92 Å². The van der Waals surface area contributed by atoms with Crippen LogP contribution in [0.1, 0.15) is 47.8 Å². The molecule has 0 radical (unpaired) electrons. The molecule has 5 heterocycles. The van der Waals surface area contributed by atoms with Crippen molar-refractivity contribution >= 4 is 27.3 Å². The van der Waals surface area contributed by atoms with Gasteiger partial charge in [0.15, 0.2) is 0 Å². The summed E-state index contributed by atoms with van der Waals surface area (Å²) in [4.78, 5) is 16.4. The fraction of sp³-hybridized carbons (Fsp3) is 0.571. The van der Waals surface area contributed by atoms with Crippen molar-refractivity contribution in [2.45, 2.75) is 44.2 Å². The Labute approximate surface area is 158 Å². The second kappa shape index (κ2) is 6.04. The molecule has 1 N–H and O–H groups in total. The smallest absolute Gasteiger partial charge is 0.261 e. The van der Waals surface area contributed by atoms with Gasteiger partial charge < -0.3 is 10.1 Å². The van der Waals surface area contributed by atoms with Gasteiger partial charge in [0.05, 0.1) is 18.1 Å². The molecule has 4 fully saturated rings. The standard InChI is InChI=1S/C21H26N2O2S/c1-21(2)19(13-5-7-23(21)8-6-13)22-20(24)18-10-15-4-3-14(9-17(15)26-18)16-11-25-12-16/h3-4,9-10,13,16,19H,5-8,11-12H2,1-2H3,(H,22,24)/t19-/m0/s1. The Bertz CT molecular complexity index is 847. The first-order valence-corrected chi connectivity index (χ1v) is 10.5. The number of nitrogens with zero attached hydrogens (tertiary/aromatic N) is 1. The van der Waals surface area contributed by atoms with Gasteiger partial charge in [0.2, 0.25) is 0 Å². The summed E-state index contributed by atoms with van der Waals surface area (Å²) < 4.78 is 6.51. The summed E-state index contributed by atoms with van der Waals surface area (Å²) in [6.45, 7) is 8.53. The molecule has 0 unspecified atom stereocenters. The number of nitrogens with one attached hydrogen (secondary N) is 1. The molecule has 26 heavy (non-hydrogen) atoms. The Morgan fingerprint density at radius 3 is 2.65 bits per heavy atom. The predicted molar refractivity (Wildman–Crippen MR) is 105 cm³/mol. The third-order valence-electron chi connectivity index (χ3n) is 6.75. The van der Waals surface area contributed by atoms with Crippen LogP contribution in [-0.2, 0) is 4.74 Å². The van der Waals surface area contributed by atoms with Gasteiger partial charge in [-0.15, -0.1) is 11.3 Å². The van der Waals surface area contributed by atoms with E-state index in [-0.39, 0.29) is 17.5 Å². The van der Waals surface area contributed by atoms with Crippen LogP contribution >= 0.6 is 11.3 Å². The Kier molecular flexibility index (Phi) is 3.89. The normalized spacial score (nSPS) is 30.3. The van der Waals surface area contributed by atoms with Crippen molar-refractivity contribution in [3.05, 3.63) is 34.7 Å². The largest absolute Gasteiger partial charge is 0.380 e. The van der Waals surface area contributed by atoms with Crippen molar-refractivity contribution in [3.63, 3.8) is 0 Å². The molecule has 4 aliphatic heterocycles. The van der Waals surface area contributed by atoms with Crippen LogP contribution in [0.2, 0.25) is 0 Å². The van der Waals surface area contributed by atoms with Crippen molar-refractivity contribution in [2.75, 3.05) is 26.3 Å². The average Bonchev–Trinajstić information content (AvgIpc) is 3.00. The monoisotopic (exact) mass is 370 g/mol. The van der Waals surface area contributed by atoms with E-state index in [1.54, 1.807) is 11.3 Å². The predicted octanol–water partition coefficient (Wildman–Crippen LogP) is 3.62. The van der Waals surface area contributed by atoms with E-state index in [9.17, 15) is 4.79 Å². The molecular weight excluding hydrogens is 344 g/mol. The molecule has 2 aromatic rings. The lowest BCUT2D eigenvalue weighted by molar-refractivity contribution is -0.0377. The molecule has 1 amide bonds. The van der Waals surface area contributed by atoms with Crippen molar-refractivity contribution in [1.29, 1.82) is 0 Å². The van der Waals surface area contributed by atoms with E-state index in [1.807, 2.05) is 6.07 Å². The number of carbonyl (C=O) groups is 1. The minimum Gasteiger partial charge on any atom is -0.380 e. The fourth-order valence-electron chi connectivity index (χ4n) is 4.93. The average molecular weight is 371 g/mol. The third-order valence-corrected chi connectivity index (χ3v) is 7.85. The fourth-order valence-corrected chi connectivity index (χ4v) is 5.95. The van der Waals surface area contributed by atoms with E-state index in [0.717, 1.165) is 23.5 Å². The van der Waals surface area contributed by atoms with Gasteiger partial charge >= 0.3 is 0 Å². The van der Waals surface area contributed by atoms with Crippen LogP contribution in [0.4, 0.5) is 0 Å². The highest BCUT2D eigenvalue weighted by Crippen LogP contribution is 2.39. The highest BCUT2D eigenvalue weighted by atomic mass is 32.1. The highest BCUT2D eigenvalue weighted by Gasteiger charge is 2.48. The zero-order chi connectivity index (χ0) is 17.9. The zero-order valence-corrected chi connectivity index (χ0v) is 16.3. The summed E-state index contributed by atoms with van der Waals surface area (Å²) in [5.74, 6) is 1.22. The number of amides is 1. The molecule has 1 atom stereocenters. The number of thiophene rings is 1. The number of hydrogen-bond donors (Lipinski definition) is 1. The summed E-state index contributed by atoms with van der Waals surface area (Å²) in [5, 5.41) is 4.55. The maximum absolute atomic E-state index is 13.0. The molecule has 1 aromatic heterocycles. The van der Waals surface area contributed by atoms with Crippen LogP contribution in [0.3, 0.4) is 0 Å². The SMILES string of the molecule is CC1(C)[C@@H](NC(=O)c2cc3ccc(C4COC4)cc3s2)C2CCN1CC2. The first-order chi connectivity index (χ1) is 12.5. The summed E-state index contributed by atoms with van der Waals surface area (Å²) in [5.41, 5.74) is 1.38. The third kappa shape index (κ3) is 2.60. The topological polar surface area (TPSA) is 41.6 Å². The molecule has 4 saturated heterocycles. The van der Waals surface area contributed by atoms with E-state index in [2.05, 4.69) is 42.3 Å². The van der Waals surface area contributed by atoms with Gasteiger partial charge in [0.25, 0.3) is 5.91 Å². The number of fused-ring (bicyclic) bond motifs is 4. The zero-order valence-electron chi connectivity index (χ0n) is 15.5. The van der Waals surface area contributed by atoms with Gasteiger partial charge in [0.1, 0.15) is 0 Å². The maximum Gasteiger partial charge on any atom is 0.261 e. The van der Waals surface area contributed by atoms with E-state index < -0.39 is 0 Å². The second-order valence-corrected chi connectivity index (χ2v) is 9.66.